The Morgan fingerprint density at radius 2 is 1.92 bits per heavy atom. The summed E-state index contributed by atoms with van der Waals surface area (Å²) in [5, 5.41) is 2.90. The van der Waals surface area contributed by atoms with Crippen LogP contribution in [0.25, 0.3) is 0 Å². The molecule has 0 unspecified atom stereocenters. The number of carbonyl (C=O) groups is 1. The number of hydrogen-bond acceptors (Lipinski definition) is 5. The van der Waals surface area contributed by atoms with E-state index in [0.29, 0.717) is 6.04 Å². The molecule has 1 aromatic heterocycles. The van der Waals surface area contributed by atoms with Gasteiger partial charge in [0.15, 0.2) is 5.13 Å². The van der Waals surface area contributed by atoms with Gasteiger partial charge in [-0.05, 0) is 50.4 Å². The number of anilines is 1. The van der Waals surface area contributed by atoms with Crippen LogP contribution in [0.15, 0.2) is 17.5 Å². The van der Waals surface area contributed by atoms with Crippen LogP contribution >= 0.6 is 11.3 Å². The second-order valence-corrected chi connectivity index (χ2v) is 8.01. The van der Waals surface area contributed by atoms with Gasteiger partial charge in [0.05, 0.1) is 12.8 Å². The van der Waals surface area contributed by atoms with Crippen molar-refractivity contribution < 1.29 is 9.53 Å². The lowest BCUT2D eigenvalue weighted by molar-refractivity contribution is -0.116. The van der Waals surface area contributed by atoms with E-state index in [1.165, 1.54) is 5.56 Å². The number of rotatable bonds is 7. The van der Waals surface area contributed by atoms with E-state index in [1.54, 1.807) is 25.4 Å². The molecule has 3 rings (SSSR count). The van der Waals surface area contributed by atoms with E-state index in [-0.39, 0.29) is 5.91 Å². The molecular weight excluding hydrogens is 346 g/mol. The summed E-state index contributed by atoms with van der Waals surface area (Å²) in [7, 11) is 3.81. The number of nitrogens with zero attached hydrogens (tertiary/aromatic N) is 3. The minimum atomic E-state index is 0.0888. The molecule has 6 heteroatoms. The Morgan fingerprint density at radius 3 is 2.46 bits per heavy atom. The zero-order valence-electron chi connectivity index (χ0n) is 16.2. The van der Waals surface area contributed by atoms with Gasteiger partial charge in [-0.1, -0.05) is 12.1 Å². The van der Waals surface area contributed by atoms with Gasteiger partial charge in [-0.25, -0.2) is 4.98 Å². The Bertz CT molecular complexity index is 775. The lowest BCUT2D eigenvalue weighted by atomic mass is 10.1. The number of methoxy groups -OCH3 is 1. The third-order valence-electron chi connectivity index (χ3n) is 4.61. The molecule has 26 heavy (non-hydrogen) atoms. The molecule has 0 N–H and O–H groups in total. The summed E-state index contributed by atoms with van der Waals surface area (Å²) in [6, 6.07) is 4.72. The molecule has 1 heterocycles. The SMILES string of the molecule is COc1c(C)cc(CN(C)Cc2csc(N(C(C)=O)C3CC3)n2)cc1C. The van der Waals surface area contributed by atoms with Crippen molar-refractivity contribution in [1.29, 1.82) is 0 Å². The number of aromatic nitrogens is 1. The van der Waals surface area contributed by atoms with Crippen LogP contribution in [0.1, 0.15) is 42.1 Å². The van der Waals surface area contributed by atoms with Crippen molar-refractivity contribution in [3.63, 3.8) is 0 Å². The summed E-state index contributed by atoms with van der Waals surface area (Å²) in [6.07, 6.45) is 2.18. The minimum absolute atomic E-state index is 0.0888. The number of thiazole rings is 1. The van der Waals surface area contributed by atoms with E-state index in [1.807, 2.05) is 4.90 Å². The van der Waals surface area contributed by atoms with Gasteiger partial charge >= 0.3 is 0 Å². The molecule has 1 saturated carbocycles. The number of carbonyl (C=O) groups excluding carboxylic acids is 1. The van der Waals surface area contributed by atoms with Crippen LogP contribution in [0, 0.1) is 13.8 Å². The quantitative estimate of drug-likeness (QED) is 0.738. The molecule has 2 aromatic rings. The average molecular weight is 374 g/mol. The topological polar surface area (TPSA) is 45.7 Å². The molecule has 1 aromatic carbocycles. The number of benzene rings is 1. The molecule has 0 aliphatic heterocycles. The highest BCUT2D eigenvalue weighted by Gasteiger charge is 2.33. The maximum atomic E-state index is 11.9. The summed E-state index contributed by atoms with van der Waals surface area (Å²) < 4.78 is 5.45. The second kappa shape index (κ2) is 7.76. The first-order valence-corrected chi connectivity index (χ1v) is 9.84. The summed E-state index contributed by atoms with van der Waals surface area (Å²) in [4.78, 5) is 20.7. The van der Waals surface area contributed by atoms with Gasteiger partial charge in [-0.2, -0.15) is 0 Å². The fourth-order valence-electron chi connectivity index (χ4n) is 3.46. The maximum Gasteiger partial charge on any atom is 0.225 e. The molecule has 1 aliphatic carbocycles. The lowest BCUT2D eigenvalue weighted by Crippen LogP contribution is -2.30. The van der Waals surface area contributed by atoms with Crippen LogP contribution in [-0.4, -0.2) is 36.0 Å². The third-order valence-corrected chi connectivity index (χ3v) is 5.49. The highest BCUT2D eigenvalue weighted by atomic mass is 32.1. The van der Waals surface area contributed by atoms with Crippen LogP contribution in [0.3, 0.4) is 0 Å². The molecule has 140 valence electrons. The zero-order chi connectivity index (χ0) is 18.8. The summed E-state index contributed by atoms with van der Waals surface area (Å²) >= 11 is 1.56. The molecule has 1 aliphatic rings. The van der Waals surface area contributed by atoms with Gasteiger partial charge in [0.2, 0.25) is 5.91 Å². The van der Waals surface area contributed by atoms with Gasteiger partial charge in [-0.15, -0.1) is 11.3 Å². The first-order valence-electron chi connectivity index (χ1n) is 8.96. The van der Waals surface area contributed by atoms with Crippen LogP contribution in [0.4, 0.5) is 5.13 Å². The van der Waals surface area contributed by atoms with E-state index < -0.39 is 0 Å². The highest BCUT2D eigenvalue weighted by molar-refractivity contribution is 7.14. The van der Waals surface area contributed by atoms with Crippen LogP contribution in [-0.2, 0) is 17.9 Å². The number of ether oxygens (including phenoxy) is 1. The molecule has 1 amide bonds. The largest absolute Gasteiger partial charge is 0.496 e. The Kier molecular flexibility index (Phi) is 5.63. The molecule has 5 nitrogen and oxygen atoms in total. The van der Waals surface area contributed by atoms with Crippen LogP contribution < -0.4 is 9.64 Å². The number of aryl methyl sites for hydroxylation is 2. The van der Waals surface area contributed by atoms with Crippen LogP contribution in [0.2, 0.25) is 0 Å². The predicted molar refractivity (Wildman–Crippen MR) is 106 cm³/mol. The third kappa shape index (κ3) is 4.24. The summed E-state index contributed by atoms with van der Waals surface area (Å²) in [6.45, 7) is 7.39. The molecular formula is C20H27N3O2S. The Balaban J connectivity index is 1.65. The van der Waals surface area contributed by atoms with E-state index in [9.17, 15) is 4.79 Å². The molecule has 0 saturated heterocycles. The van der Waals surface area contributed by atoms with Gasteiger partial charge in [0.25, 0.3) is 0 Å². The number of hydrogen-bond donors (Lipinski definition) is 0. The summed E-state index contributed by atoms with van der Waals surface area (Å²) in [5.41, 5.74) is 4.60. The van der Waals surface area contributed by atoms with E-state index in [4.69, 9.17) is 9.72 Å². The van der Waals surface area contributed by atoms with Crippen molar-refractivity contribution >= 4 is 22.4 Å². The standard InChI is InChI=1S/C20H27N3O2S/c1-13-8-16(9-14(2)19(13)25-5)10-22(4)11-17-12-26-20(21-17)23(15(3)24)18-6-7-18/h8-9,12,18H,6-7,10-11H2,1-5H3. The minimum Gasteiger partial charge on any atom is -0.496 e. The number of amides is 1. The fourth-order valence-corrected chi connectivity index (χ4v) is 4.39. The Labute approximate surface area is 159 Å². The fraction of sp³-hybridized carbons (Fsp3) is 0.500. The highest BCUT2D eigenvalue weighted by Crippen LogP contribution is 2.33. The first kappa shape index (κ1) is 18.9. The Morgan fingerprint density at radius 1 is 1.27 bits per heavy atom. The molecule has 0 bridgehead atoms. The van der Waals surface area contributed by atoms with Crippen molar-refractivity contribution in [2.75, 3.05) is 19.1 Å². The second-order valence-electron chi connectivity index (χ2n) is 7.18. The summed E-state index contributed by atoms with van der Waals surface area (Å²) in [5.74, 6) is 1.05. The average Bonchev–Trinajstić information content (AvgIpc) is 3.26. The van der Waals surface area contributed by atoms with E-state index >= 15 is 0 Å². The van der Waals surface area contributed by atoms with Gasteiger partial charge in [0, 0.05) is 31.4 Å². The molecule has 0 radical (unpaired) electrons. The molecule has 0 spiro atoms. The van der Waals surface area contributed by atoms with Crippen LogP contribution in [0.5, 0.6) is 5.75 Å². The molecule has 0 atom stereocenters. The lowest BCUT2D eigenvalue weighted by Gasteiger charge is -2.18. The predicted octanol–water partition coefficient (Wildman–Crippen LogP) is 3.92. The van der Waals surface area contributed by atoms with Gasteiger partial charge in [-0.3, -0.25) is 14.6 Å². The van der Waals surface area contributed by atoms with Gasteiger partial charge in [0.1, 0.15) is 5.75 Å². The van der Waals surface area contributed by atoms with Crippen molar-refractivity contribution in [2.24, 2.45) is 0 Å². The Hall–Kier alpha value is -1.92. The van der Waals surface area contributed by atoms with E-state index in [2.05, 4.69) is 43.3 Å². The smallest absolute Gasteiger partial charge is 0.225 e. The van der Waals surface area contributed by atoms with Crippen molar-refractivity contribution in [1.82, 2.24) is 9.88 Å². The first-order chi connectivity index (χ1) is 12.4. The normalized spacial score (nSPS) is 13.9. The van der Waals surface area contributed by atoms with Crippen molar-refractivity contribution in [3.8, 4) is 5.75 Å². The van der Waals surface area contributed by atoms with Gasteiger partial charge < -0.3 is 4.74 Å². The van der Waals surface area contributed by atoms with Crippen molar-refractivity contribution in [3.05, 3.63) is 39.9 Å². The van der Waals surface area contributed by atoms with E-state index in [0.717, 1.165) is 53.6 Å². The monoisotopic (exact) mass is 373 g/mol. The zero-order valence-corrected chi connectivity index (χ0v) is 17.0. The maximum absolute atomic E-state index is 11.9. The van der Waals surface area contributed by atoms with Crippen molar-refractivity contribution in [2.45, 2.75) is 52.7 Å². The molecule has 1 fully saturated rings.